The highest BCUT2D eigenvalue weighted by Crippen LogP contribution is 2.35. The maximum absolute atomic E-state index is 14.2. The number of aryl methyl sites for hydroxylation is 1. The van der Waals surface area contributed by atoms with Crippen molar-refractivity contribution in [3.63, 3.8) is 0 Å². The third-order valence-corrected chi connectivity index (χ3v) is 7.47. The number of allylic oxidation sites excluding steroid dienone is 3. The summed E-state index contributed by atoms with van der Waals surface area (Å²) >= 11 is 0. The van der Waals surface area contributed by atoms with E-state index in [-0.39, 0.29) is 5.82 Å². The van der Waals surface area contributed by atoms with Crippen LogP contribution in [-0.4, -0.2) is 26.7 Å². The number of rotatable bonds is 9. The minimum Gasteiger partial charge on any atom is -0.352 e. The predicted octanol–water partition coefficient (Wildman–Crippen LogP) is 8.53. The second kappa shape index (κ2) is 11.8. The van der Waals surface area contributed by atoms with Crippen LogP contribution in [0, 0.1) is 12.7 Å². The summed E-state index contributed by atoms with van der Waals surface area (Å²) in [6.45, 7) is 9.49. The lowest BCUT2D eigenvalue weighted by Crippen LogP contribution is -2.15. The fourth-order valence-corrected chi connectivity index (χ4v) is 5.36. The van der Waals surface area contributed by atoms with Gasteiger partial charge in [-0.3, -0.25) is 10.1 Å². The zero-order valence-corrected chi connectivity index (χ0v) is 23.7. The number of hydrogen-bond acceptors (Lipinski definition) is 3. The zero-order chi connectivity index (χ0) is 29.1. The van der Waals surface area contributed by atoms with Crippen LogP contribution in [0.5, 0.6) is 0 Å². The first kappa shape index (κ1) is 27.1. The zero-order valence-electron chi connectivity index (χ0n) is 23.7. The fraction of sp³-hybridized carbons (Fsp3) is 0.111. The van der Waals surface area contributed by atoms with Gasteiger partial charge in [-0.1, -0.05) is 67.3 Å². The molecule has 6 aromatic rings. The van der Waals surface area contributed by atoms with E-state index < -0.39 is 0 Å². The number of halogens is 1. The Bertz CT molecular complexity index is 1940. The van der Waals surface area contributed by atoms with Crippen LogP contribution in [0.3, 0.4) is 0 Å². The third-order valence-electron chi connectivity index (χ3n) is 7.47. The molecular weight excluding hydrogens is 521 g/mol. The van der Waals surface area contributed by atoms with Crippen molar-refractivity contribution in [1.82, 2.24) is 25.5 Å². The van der Waals surface area contributed by atoms with Crippen molar-refractivity contribution in [3.8, 4) is 22.5 Å². The van der Waals surface area contributed by atoms with E-state index in [1.54, 1.807) is 18.5 Å². The van der Waals surface area contributed by atoms with Crippen LogP contribution >= 0.6 is 0 Å². The van der Waals surface area contributed by atoms with Gasteiger partial charge in [0.2, 0.25) is 0 Å². The number of fused-ring (bicyclic) bond motifs is 2. The normalized spacial score (nSPS) is 12.4. The number of nitrogens with one attached hydrogen (secondary N) is 3. The molecule has 0 aliphatic heterocycles. The molecule has 0 unspecified atom stereocenters. The highest BCUT2D eigenvalue weighted by molar-refractivity contribution is 6.01. The summed E-state index contributed by atoms with van der Waals surface area (Å²) in [6, 6.07) is 23.8. The molecule has 5 nitrogen and oxygen atoms in total. The fourth-order valence-electron chi connectivity index (χ4n) is 5.36. The molecule has 0 spiro atoms. The van der Waals surface area contributed by atoms with Gasteiger partial charge >= 0.3 is 0 Å². The molecule has 3 N–H and O–H groups in total. The molecule has 0 amide bonds. The topological polar surface area (TPSA) is 69.4 Å². The summed E-state index contributed by atoms with van der Waals surface area (Å²) in [5.41, 5.74) is 10.6. The number of nitrogens with zero attached hydrogens (tertiary/aromatic N) is 2. The van der Waals surface area contributed by atoms with Crippen molar-refractivity contribution in [2.75, 3.05) is 6.54 Å². The number of H-pyrrole nitrogens is 2. The van der Waals surface area contributed by atoms with Gasteiger partial charge in [0.05, 0.1) is 22.9 Å². The van der Waals surface area contributed by atoms with Crippen molar-refractivity contribution in [1.29, 1.82) is 0 Å². The Balaban J connectivity index is 1.32. The SMILES string of the molecule is C=C/C(=C\C(=C/C)c1ccc2[nH]nc(-c3cc4c(-c5cc(C)cc(F)c5)cncc4[nH]3)c2c1)CNCc1ccccc1. The van der Waals surface area contributed by atoms with Gasteiger partial charge in [-0.15, -0.1) is 0 Å². The predicted molar refractivity (Wildman–Crippen MR) is 171 cm³/mol. The minimum atomic E-state index is -0.260. The Labute approximate surface area is 244 Å². The smallest absolute Gasteiger partial charge is 0.124 e. The molecule has 0 saturated heterocycles. The Morgan fingerprint density at radius 2 is 1.83 bits per heavy atom. The molecule has 0 radical (unpaired) electrons. The molecule has 0 bridgehead atoms. The summed E-state index contributed by atoms with van der Waals surface area (Å²) in [5, 5.41) is 13.3. The quantitative estimate of drug-likeness (QED) is 0.157. The van der Waals surface area contributed by atoms with Crippen LogP contribution in [0.4, 0.5) is 4.39 Å². The van der Waals surface area contributed by atoms with E-state index in [2.05, 4.69) is 92.7 Å². The van der Waals surface area contributed by atoms with Crippen LogP contribution in [0.2, 0.25) is 0 Å². The van der Waals surface area contributed by atoms with Crippen LogP contribution in [0.25, 0.3) is 49.9 Å². The minimum absolute atomic E-state index is 0.260. The number of aromatic amines is 2. The lowest BCUT2D eigenvalue weighted by Gasteiger charge is -2.09. The molecule has 6 rings (SSSR count). The summed E-state index contributed by atoms with van der Waals surface area (Å²) in [6.07, 6.45) is 9.77. The van der Waals surface area contributed by atoms with E-state index >= 15 is 0 Å². The van der Waals surface area contributed by atoms with Gasteiger partial charge in [0.25, 0.3) is 0 Å². The van der Waals surface area contributed by atoms with Crippen molar-refractivity contribution in [2.24, 2.45) is 0 Å². The van der Waals surface area contributed by atoms with Crippen molar-refractivity contribution >= 4 is 27.4 Å². The highest BCUT2D eigenvalue weighted by atomic mass is 19.1. The molecule has 0 atom stereocenters. The highest BCUT2D eigenvalue weighted by Gasteiger charge is 2.15. The average molecular weight is 554 g/mol. The Hall–Kier alpha value is -5.07. The Kier molecular flexibility index (Phi) is 7.62. The molecule has 0 fully saturated rings. The van der Waals surface area contributed by atoms with E-state index in [1.807, 2.05) is 32.1 Å². The van der Waals surface area contributed by atoms with Gasteiger partial charge in [0.1, 0.15) is 11.5 Å². The molecule has 0 aliphatic carbocycles. The molecule has 6 heteroatoms. The summed E-state index contributed by atoms with van der Waals surface area (Å²) in [4.78, 5) is 7.90. The van der Waals surface area contributed by atoms with Gasteiger partial charge in [0.15, 0.2) is 0 Å². The second-order valence-electron chi connectivity index (χ2n) is 10.4. The maximum atomic E-state index is 14.2. The summed E-state index contributed by atoms with van der Waals surface area (Å²) < 4.78 is 14.2. The number of hydrogen-bond donors (Lipinski definition) is 3. The number of pyridine rings is 1. The molecule has 3 heterocycles. The van der Waals surface area contributed by atoms with Crippen molar-refractivity contribution in [2.45, 2.75) is 20.4 Å². The van der Waals surface area contributed by atoms with Crippen molar-refractivity contribution < 1.29 is 4.39 Å². The third kappa shape index (κ3) is 5.57. The van der Waals surface area contributed by atoms with Gasteiger partial charge in [0, 0.05) is 35.6 Å². The Morgan fingerprint density at radius 3 is 2.62 bits per heavy atom. The van der Waals surface area contributed by atoms with Gasteiger partial charge in [-0.05, 0) is 77.6 Å². The van der Waals surface area contributed by atoms with Gasteiger partial charge in [-0.2, -0.15) is 5.10 Å². The molecule has 0 aliphatic rings. The first-order valence-corrected chi connectivity index (χ1v) is 14.0. The van der Waals surface area contributed by atoms with Gasteiger partial charge in [-0.25, -0.2) is 4.39 Å². The number of aromatic nitrogens is 4. The maximum Gasteiger partial charge on any atom is 0.124 e. The van der Waals surface area contributed by atoms with Crippen LogP contribution in [-0.2, 0) is 6.54 Å². The lowest BCUT2D eigenvalue weighted by atomic mass is 9.99. The molecular formula is C36H32FN5. The average Bonchev–Trinajstić information content (AvgIpc) is 3.62. The standard InChI is InChI=1S/C36H32FN5/c1-4-24(19-38-20-25-9-7-6-8-10-25)15-26(5-2)27-11-12-33-31(17-27)36(42-41-33)34-18-30-32(21-39-22-35(30)40-34)28-13-23(3)14-29(37)16-28/h4-18,21-22,38,40H,1,19-20H2,2-3H3,(H,41,42)/b24-15+,26-5+. The summed E-state index contributed by atoms with van der Waals surface area (Å²) in [7, 11) is 0. The van der Waals surface area contributed by atoms with E-state index in [4.69, 9.17) is 0 Å². The molecule has 0 saturated carbocycles. The first-order valence-electron chi connectivity index (χ1n) is 14.0. The number of benzene rings is 3. The van der Waals surface area contributed by atoms with E-state index in [0.717, 1.165) is 73.1 Å². The van der Waals surface area contributed by atoms with Crippen LogP contribution < -0.4 is 5.32 Å². The van der Waals surface area contributed by atoms with Crippen LogP contribution in [0.15, 0.2) is 116 Å². The van der Waals surface area contributed by atoms with Crippen LogP contribution in [0.1, 0.15) is 23.6 Å². The largest absolute Gasteiger partial charge is 0.352 e. The van der Waals surface area contributed by atoms with Crippen molar-refractivity contribution in [3.05, 3.63) is 138 Å². The Morgan fingerprint density at radius 1 is 0.976 bits per heavy atom. The van der Waals surface area contributed by atoms with E-state index in [9.17, 15) is 4.39 Å². The van der Waals surface area contributed by atoms with Gasteiger partial charge < -0.3 is 10.3 Å². The molecule has 3 aromatic carbocycles. The van der Waals surface area contributed by atoms with E-state index in [0.29, 0.717) is 6.54 Å². The molecule has 42 heavy (non-hydrogen) atoms. The van der Waals surface area contributed by atoms with E-state index in [1.165, 1.54) is 11.6 Å². The lowest BCUT2D eigenvalue weighted by molar-refractivity contribution is 0.627. The molecule has 208 valence electrons. The second-order valence-corrected chi connectivity index (χ2v) is 10.4. The molecule has 3 aromatic heterocycles. The first-order chi connectivity index (χ1) is 20.5. The monoisotopic (exact) mass is 553 g/mol. The summed E-state index contributed by atoms with van der Waals surface area (Å²) in [5.74, 6) is -0.260.